The number of β-amino-alcohol motifs (C(OH)–C–C–N with tert-alkyl or cyclic N) is 1. The molecule has 1 aromatic carbocycles. The topological polar surface area (TPSA) is 81.1 Å². The number of benzene rings is 1. The molecule has 6 heteroatoms. The third kappa shape index (κ3) is 2.88. The van der Waals surface area contributed by atoms with Gasteiger partial charge in [-0.3, -0.25) is 9.59 Å². The fourth-order valence-electron chi connectivity index (χ4n) is 4.29. The third-order valence-corrected chi connectivity index (χ3v) is 5.55. The number of piperidine rings is 1. The van der Waals surface area contributed by atoms with Gasteiger partial charge in [0.15, 0.2) is 0 Å². The number of aryl methyl sites for hydroxylation is 2. The first-order valence-corrected chi connectivity index (χ1v) is 8.93. The molecule has 1 atom stereocenters. The van der Waals surface area contributed by atoms with Crippen LogP contribution in [-0.4, -0.2) is 63.6 Å². The van der Waals surface area contributed by atoms with Gasteiger partial charge >= 0.3 is 0 Å². The van der Waals surface area contributed by atoms with Gasteiger partial charge in [0.2, 0.25) is 5.91 Å². The summed E-state index contributed by atoms with van der Waals surface area (Å²) in [6.07, 6.45) is 2.99. The van der Waals surface area contributed by atoms with Crippen molar-refractivity contribution in [2.24, 2.45) is 0 Å². The highest BCUT2D eigenvalue weighted by Gasteiger charge is 2.52. The number of hydrogen-bond acceptors (Lipinski definition) is 4. The van der Waals surface area contributed by atoms with Crippen LogP contribution in [0.4, 0.5) is 0 Å². The van der Waals surface area contributed by atoms with Crippen LogP contribution in [-0.2, 0) is 4.79 Å². The molecule has 25 heavy (non-hydrogen) atoms. The first-order valence-electron chi connectivity index (χ1n) is 8.93. The lowest BCUT2D eigenvalue weighted by atomic mass is 9.85. The predicted molar refractivity (Wildman–Crippen MR) is 93.5 cm³/mol. The van der Waals surface area contributed by atoms with Gasteiger partial charge in [0.05, 0.1) is 6.61 Å². The normalized spacial score (nSPS) is 23.6. The molecular formula is C19H26N2O4. The number of aliphatic hydroxyl groups excluding tert-OH is 1. The summed E-state index contributed by atoms with van der Waals surface area (Å²) in [6, 6.07) is 3.38. The second kappa shape index (κ2) is 6.67. The lowest BCUT2D eigenvalue weighted by Crippen LogP contribution is -2.61. The average molecular weight is 346 g/mol. The first-order chi connectivity index (χ1) is 11.9. The van der Waals surface area contributed by atoms with E-state index in [1.807, 2.05) is 0 Å². The Hall–Kier alpha value is -2.08. The highest BCUT2D eigenvalue weighted by molar-refractivity contribution is 6.00. The van der Waals surface area contributed by atoms with Gasteiger partial charge in [0.1, 0.15) is 11.3 Å². The number of aliphatic hydroxyl groups is 1. The first kappa shape index (κ1) is 17.7. The Bertz CT molecular complexity index is 678. The quantitative estimate of drug-likeness (QED) is 0.871. The van der Waals surface area contributed by atoms with Crippen LogP contribution >= 0.6 is 0 Å². The summed E-state index contributed by atoms with van der Waals surface area (Å²) in [5.41, 5.74) is 1.06. The Labute approximate surface area is 148 Å². The van der Waals surface area contributed by atoms with Gasteiger partial charge in [-0.15, -0.1) is 0 Å². The summed E-state index contributed by atoms with van der Waals surface area (Å²) >= 11 is 0. The molecule has 136 valence electrons. The van der Waals surface area contributed by atoms with Gasteiger partial charge in [-0.2, -0.15) is 0 Å². The lowest BCUT2D eigenvalue weighted by Gasteiger charge is -2.44. The molecule has 0 radical (unpaired) electrons. The van der Waals surface area contributed by atoms with Crippen molar-refractivity contribution >= 4 is 11.8 Å². The van der Waals surface area contributed by atoms with Crippen LogP contribution in [0.3, 0.4) is 0 Å². The fraction of sp³-hybridized carbons (Fsp3) is 0.579. The van der Waals surface area contributed by atoms with Crippen molar-refractivity contribution in [3.8, 4) is 5.75 Å². The molecule has 6 nitrogen and oxygen atoms in total. The van der Waals surface area contributed by atoms with Crippen molar-refractivity contribution in [1.82, 2.24) is 9.80 Å². The zero-order valence-corrected chi connectivity index (χ0v) is 14.9. The van der Waals surface area contributed by atoms with Gasteiger partial charge in [-0.1, -0.05) is 0 Å². The standard InChI is InChI=1S/C19H26N2O4/c1-13-11-15(12-14(2)16(13)23)17(24)21-8-4-6-19(21)5-3-7-20(9-10-22)18(19)25/h11-12,22-23H,3-10H2,1-2H3. The summed E-state index contributed by atoms with van der Waals surface area (Å²) in [5, 5.41) is 19.2. The number of aromatic hydroxyl groups is 1. The van der Waals surface area contributed by atoms with Crippen molar-refractivity contribution in [1.29, 1.82) is 0 Å². The molecule has 0 aliphatic carbocycles. The van der Waals surface area contributed by atoms with Gasteiger partial charge in [-0.25, -0.2) is 0 Å². The minimum absolute atomic E-state index is 0.0362. The molecule has 0 aromatic heterocycles. The summed E-state index contributed by atoms with van der Waals surface area (Å²) < 4.78 is 0. The number of carbonyl (C=O) groups is 2. The number of nitrogens with zero attached hydrogens (tertiary/aromatic N) is 2. The van der Waals surface area contributed by atoms with Crippen LogP contribution in [0.5, 0.6) is 5.75 Å². The zero-order valence-electron chi connectivity index (χ0n) is 14.9. The number of phenols is 1. The number of likely N-dealkylation sites (tertiary alicyclic amines) is 2. The highest BCUT2D eigenvalue weighted by atomic mass is 16.3. The maximum Gasteiger partial charge on any atom is 0.254 e. The van der Waals surface area contributed by atoms with Crippen molar-refractivity contribution in [3.05, 3.63) is 28.8 Å². The predicted octanol–water partition coefficient (Wildman–Crippen LogP) is 1.60. The Morgan fingerprint density at radius 3 is 2.36 bits per heavy atom. The lowest BCUT2D eigenvalue weighted by molar-refractivity contribution is -0.146. The molecule has 2 aliphatic rings. The zero-order chi connectivity index (χ0) is 18.2. The van der Waals surface area contributed by atoms with Crippen LogP contribution in [0.2, 0.25) is 0 Å². The van der Waals surface area contributed by atoms with Crippen LogP contribution in [0.1, 0.15) is 47.2 Å². The van der Waals surface area contributed by atoms with E-state index in [-0.39, 0.29) is 24.2 Å². The summed E-state index contributed by atoms with van der Waals surface area (Å²) in [7, 11) is 0. The molecule has 1 unspecified atom stereocenters. The number of phenolic OH excluding ortho intramolecular Hbond substituents is 1. The summed E-state index contributed by atoms with van der Waals surface area (Å²) in [4.78, 5) is 29.6. The van der Waals surface area contributed by atoms with Crippen LogP contribution in [0, 0.1) is 13.8 Å². The van der Waals surface area contributed by atoms with Crippen molar-refractivity contribution < 1.29 is 19.8 Å². The van der Waals surface area contributed by atoms with Crippen LogP contribution < -0.4 is 0 Å². The molecule has 2 saturated heterocycles. The van der Waals surface area contributed by atoms with Crippen LogP contribution in [0.25, 0.3) is 0 Å². The monoisotopic (exact) mass is 346 g/mol. The maximum absolute atomic E-state index is 13.2. The molecule has 1 aromatic rings. The van der Waals surface area contributed by atoms with Gasteiger partial charge in [0.25, 0.3) is 5.91 Å². The molecule has 1 spiro atoms. The number of rotatable bonds is 3. The van der Waals surface area contributed by atoms with E-state index in [1.54, 1.807) is 35.8 Å². The third-order valence-electron chi connectivity index (χ3n) is 5.55. The van der Waals surface area contributed by atoms with Crippen molar-refractivity contribution in [2.45, 2.75) is 45.1 Å². The molecule has 2 heterocycles. The Kier molecular flexibility index (Phi) is 4.73. The number of hydrogen-bond donors (Lipinski definition) is 2. The molecule has 2 fully saturated rings. The van der Waals surface area contributed by atoms with E-state index < -0.39 is 5.54 Å². The number of carbonyl (C=O) groups excluding carboxylic acids is 2. The second-order valence-electron chi connectivity index (χ2n) is 7.17. The van der Waals surface area contributed by atoms with Crippen molar-refractivity contribution in [2.75, 3.05) is 26.2 Å². The Balaban J connectivity index is 1.93. The number of amides is 2. The molecule has 0 saturated carbocycles. The van der Waals surface area contributed by atoms with E-state index in [9.17, 15) is 19.8 Å². The van der Waals surface area contributed by atoms with E-state index in [0.717, 1.165) is 12.8 Å². The van der Waals surface area contributed by atoms with E-state index >= 15 is 0 Å². The van der Waals surface area contributed by atoms with E-state index in [0.29, 0.717) is 49.2 Å². The van der Waals surface area contributed by atoms with E-state index in [1.165, 1.54) is 0 Å². The Morgan fingerprint density at radius 2 is 1.76 bits per heavy atom. The highest BCUT2D eigenvalue weighted by Crippen LogP contribution is 2.39. The molecule has 0 bridgehead atoms. The van der Waals surface area contributed by atoms with Crippen LogP contribution in [0.15, 0.2) is 12.1 Å². The average Bonchev–Trinajstić information content (AvgIpc) is 3.00. The molecular weight excluding hydrogens is 320 g/mol. The maximum atomic E-state index is 13.2. The van der Waals surface area contributed by atoms with Crippen molar-refractivity contribution in [3.63, 3.8) is 0 Å². The Morgan fingerprint density at radius 1 is 1.16 bits per heavy atom. The largest absolute Gasteiger partial charge is 0.507 e. The van der Waals surface area contributed by atoms with Gasteiger partial charge < -0.3 is 20.0 Å². The minimum Gasteiger partial charge on any atom is -0.507 e. The molecule has 3 rings (SSSR count). The van der Waals surface area contributed by atoms with Gasteiger partial charge in [-0.05, 0) is 62.8 Å². The molecule has 2 amide bonds. The minimum atomic E-state index is -0.774. The SMILES string of the molecule is Cc1cc(C(=O)N2CCCC23CCCN(CCO)C3=O)cc(C)c1O. The summed E-state index contributed by atoms with van der Waals surface area (Å²) in [5.74, 6) is 0.0179. The van der Waals surface area contributed by atoms with E-state index in [4.69, 9.17) is 0 Å². The molecule has 2 N–H and O–H groups in total. The second-order valence-corrected chi connectivity index (χ2v) is 7.17. The smallest absolute Gasteiger partial charge is 0.254 e. The fourth-order valence-corrected chi connectivity index (χ4v) is 4.29. The molecule has 2 aliphatic heterocycles. The summed E-state index contributed by atoms with van der Waals surface area (Å²) in [6.45, 7) is 5.00. The van der Waals surface area contributed by atoms with Gasteiger partial charge in [0, 0.05) is 25.2 Å². The van der Waals surface area contributed by atoms with E-state index in [2.05, 4.69) is 0 Å².